The van der Waals surface area contributed by atoms with Gasteiger partial charge in [-0.3, -0.25) is 19.3 Å². The number of amides is 2. The summed E-state index contributed by atoms with van der Waals surface area (Å²) in [6.45, 7) is 0.280. The molecule has 0 saturated carbocycles. The van der Waals surface area contributed by atoms with Crippen molar-refractivity contribution < 1.29 is 23.7 Å². The van der Waals surface area contributed by atoms with Gasteiger partial charge < -0.3 is 5.73 Å². The van der Waals surface area contributed by atoms with E-state index in [1.807, 2.05) is 0 Å². The van der Waals surface area contributed by atoms with Crippen LogP contribution in [0.2, 0.25) is 0 Å². The van der Waals surface area contributed by atoms with E-state index < -0.39 is 23.9 Å². The molecule has 2 aliphatic rings. The molecule has 2 amide bonds. The fourth-order valence-electron chi connectivity index (χ4n) is 2.17. The summed E-state index contributed by atoms with van der Waals surface area (Å²) in [7, 11) is 0. The number of hydrogen-bond donors (Lipinski definition) is 2. The van der Waals surface area contributed by atoms with Crippen LogP contribution in [-0.2, 0) is 9.68 Å². The fraction of sp³-hybridized carbons (Fsp3) is 0.273. The van der Waals surface area contributed by atoms with Crippen LogP contribution in [0.4, 0.5) is 10.1 Å². The summed E-state index contributed by atoms with van der Waals surface area (Å²) in [5.41, 5.74) is 7.66. The van der Waals surface area contributed by atoms with Gasteiger partial charge in [0.1, 0.15) is 5.82 Å². The average Bonchev–Trinajstić information content (AvgIpc) is 2.62. The smallest absolute Gasteiger partial charge is 0.265 e. The van der Waals surface area contributed by atoms with Crippen LogP contribution in [0.5, 0.6) is 0 Å². The number of benzene rings is 1. The minimum absolute atomic E-state index is 0.0153. The Bertz CT molecular complexity index is 571. The molecule has 2 aliphatic heterocycles. The van der Waals surface area contributed by atoms with Gasteiger partial charge in [0.2, 0.25) is 0 Å². The van der Waals surface area contributed by atoms with Crippen LogP contribution in [0.25, 0.3) is 0 Å². The summed E-state index contributed by atoms with van der Waals surface area (Å²) in [5, 5.41) is 0. The maximum atomic E-state index is 13.3. The summed E-state index contributed by atoms with van der Waals surface area (Å²) < 4.78 is 13.3. The first kappa shape index (κ1) is 12.0. The largest absolute Gasteiger partial charge is 0.398 e. The summed E-state index contributed by atoms with van der Waals surface area (Å²) >= 11 is 0. The van der Waals surface area contributed by atoms with Gasteiger partial charge in [-0.05, 0) is 12.1 Å². The molecule has 8 heteroatoms. The third-order valence-electron chi connectivity index (χ3n) is 3.01. The summed E-state index contributed by atoms with van der Waals surface area (Å²) in [6.07, 6.45) is -0.482. The summed E-state index contributed by atoms with van der Waals surface area (Å²) in [4.78, 5) is 35.0. The van der Waals surface area contributed by atoms with Crippen molar-refractivity contribution in [1.82, 2.24) is 10.5 Å². The highest BCUT2D eigenvalue weighted by Gasteiger charge is 2.43. The standard InChI is InChI=1S/C11H10FN3O4/c12-5-3-6-9(7(13)4-5)11(17)15(10(6)16)8-1-2-18-14-19-8/h3-4,8,14H,1-2,13H2. The molecule has 2 heterocycles. The maximum absolute atomic E-state index is 13.3. The van der Waals surface area contributed by atoms with Crippen LogP contribution < -0.4 is 11.4 Å². The lowest BCUT2D eigenvalue weighted by molar-refractivity contribution is -0.259. The molecule has 1 aromatic rings. The normalized spacial score (nSPS) is 22.8. The van der Waals surface area contributed by atoms with Gasteiger partial charge in [0.05, 0.1) is 17.7 Å². The van der Waals surface area contributed by atoms with Crippen molar-refractivity contribution in [3.63, 3.8) is 0 Å². The maximum Gasteiger partial charge on any atom is 0.265 e. The summed E-state index contributed by atoms with van der Waals surface area (Å²) in [6, 6.07) is 2.01. The van der Waals surface area contributed by atoms with Crippen molar-refractivity contribution in [2.24, 2.45) is 0 Å². The number of carbonyl (C=O) groups is 2. The van der Waals surface area contributed by atoms with Crippen LogP contribution >= 0.6 is 0 Å². The number of nitrogens with two attached hydrogens (primary N) is 1. The Balaban J connectivity index is 2.01. The number of hydrogen-bond acceptors (Lipinski definition) is 6. The highest BCUT2D eigenvalue weighted by Crippen LogP contribution is 2.31. The Morgan fingerprint density at radius 1 is 1.37 bits per heavy atom. The minimum Gasteiger partial charge on any atom is -0.398 e. The average molecular weight is 267 g/mol. The van der Waals surface area contributed by atoms with Crippen molar-refractivity contribution in [3.05, 3.63) is 29.1 Å². The molecular weight excluding hydrogens is 257 g/mol. The predicted molar refractivity (Wildman–Crippen MR) is 59.9 cm³/mol. The number of imide groups is 1. The second-order valence-corrected chi connectivity index (χ2v) is 4.19. The lowest BCUT2D eigenvalue weighted by Gasteiger charge is -2.28. The molecule has 19 heavy (non-hydrogen) atoms. The zero-order valence-corrected chi connectivity index (χ0v) is 9.68. The van der Waals surface area contributed by atoms with E-state index in [2.05, 4.69) is 5.64 Å². The van der Waals surface area contributed by atoms with Gasteiger partial charge in [0.25, 0.3) is 11.8 Å². The molecule has 0 radical (unpaired) electrons. The van der Waals surface area contributed by atoms with E-state index in [0.717, 1.165) is 17.0 Å². The second-order valence-electron chi connectivity index (χ2n) is 4.19. The molecule has 1 unspecified atom stereocenters. The number of fused-ring (bicyclic) bond motifs is 1. The Morgan fingerprint density at radius 3 is 2.84 bits per heavy atom. The lowest BCUT2D eigenvalue weighted by atomic mass is 10.1. The molecule has 0 bridgehead atoms. The van der Waals surface area contributed by atoms with Gasteiger partial charge in [0, 0.05) is 12.1 Å². The molecule has 3 rings (SSSR count). The number of nitrogen functional groups attached to an aromatic ring is 1. The highest BCUT2D eigenvalue weighted by molar-refractivity contribution is 6.23. The van der Waals surface area contributed by atoms with Gasteiger partial charge in [-0.2, -0.15) is 0 Å². The number of anilines is 1. The SMILES string of the molecule is Nc1cc(F)cc2c1C(=O)N(C1CCONO1)C2=O. The number of halogens is 1. The molecule has 1 saturated heterocycles. The predicted octanol–water partition coefficient (Wildman–Crippen LogP) is 0.186. The Morgan fingerprint density at radius 2 is 2.16 bits per heavy atom. The number of nitrogens with one attached hydrogen (secondary N) is 1. The Kier molecular flexibility index (Phi) is 2.70. The van der Waals surface area contributed by atoms with Crippen LogP contribution in [0.15, 0.2) is 12.1 Å². The van der Waals surface area contributed by atoms with Crippen molar-refractivity contribution in [2.75, 3.05) is 12.3 Å². The zero-order chi connectivity index (χ0) is 13.6. The molecule has 7 nitrogen and oxygen atoms in total. The molecule has 100 valence electrons. The Labute approximate surface area is 107 Å². The van der Waals surface area contributed by atoms with Crippen molar-refractivity contribution in [1.29, 1.82) is 0 Å². The molecule has 1 fully saturated rings. The number of carbonyl (C=O) groups excluding carboxylic acids is 2. The first-order valence-corrected chi connectivity index (χ1v) is 5.59. The van der Waals surface area contributed by atoms with Crippen molar-refractivity contribution in [3.8, 4) is 0 Å². The monoisotopic (exact) mass is 267 g/mol. The van der Waals surface area contributed by atoms with E-state index in [4.69, 9.17) is 15.4 Å². The molecule has 0 spiro atoms. The number of rotatable bonds is 1. The fourth-order valence-corrected chi connectivity index (χ4v) is 2.17. The summed E-state index contributed by atoms with van der Waals surface area (Å²) in [5.74, 6) is -1.88. The van der Waals surface area contributed by atoms with Gasteiger partial charge in [0.15, 0.2) is 6.23 Å². The van der Waals surface area contributed by atoms with Gasteiger partial charge >= 0.3 is 0 Å². The topological polar surface area (TPSA) is 93.9 Å². The minimum atomic E-state index is -0.802. The first-order valence-electron chi connectivity index (χ1n) is 5.59. The van der Waals surface area contributed by atoms with E-state index in [1.165, 1.54) is 0 Å². The van der Waals surface area contributed by atoms with Crippen LogP contribution in [0.1, 0.15) is 27.1 Å². The highest BCUT2D eigenvalue weighted by atomic mass is 19.1. The molecule has 1 aromatic carbocycles. The molecule has 0 aromatic heterocycles. The lowest BCUT2D eigenvalue weighted by Crippen LogP contribution is -2.47. The van der Waals surface area contributed by atoms with E-state index >= 15 is 0 Å². The third kappa shape index (κ3) is 1.77. The quantitative estimate of drug-likeness (QED) is 0.557. The first-order chi connectivity index (χ1) is 9.09. The van der Waals surface area contributed by atoms with Gasteiger partial charge in [-0.1, -0.05) is 5.64 Å². The van der Waals surface area contributed by atoms with E-state index in [1.54, 1.807) is 0 Å². The van der Waals surface area contributed by atoms with Crippen LogP contribution in [-0.4, -0.2) is 29.5 Å². The van der Waals surface area contributed by atoms with E-state index in [0.29, 0.717) is 6.42 Å². The second kappa shape index (κ2) is 4.26. The molecule has 1 atom stereocenters. The van der Waals surface area contributed by atoms with Crippen LogP contribution in [0.3, 0.4) is 0 Å². The van der Waals surface area contributed by atoms with Crippen LogP contribution in [0, 0.1) is 5.82 Å². The molecule has 0 aliphatic carbocycles. The van der Waals surface area contributed by atoms with Gasteiger partial charge in [-0.25, -0.2) is 9.29 Å². The van der Waals surface area contributed by atoms with Gasteiger partial charge in [-0.15, -0.1) is 0 Å². The van der Waals surface area contributed by atoms with E-state index in [-0.39, 0.29) is 23.4 Å². The number of nitrogens with zero attached hydrogens (tertiary/aromatic N) is 1. The molecular formula is C11H10FN3O4. The van der Waals surface area contributed by atoms with E-state index in [9.17, 15) is 14.0 Å². The zero-order valence-electron chi connectivity index (χ0n) is 9.68. The third-order valence-corrected chi connectivity index (χ3v) is 3.01. The van der Waals surface area contributed by atoms with Crippen molar-refractivity contribution >= 4 is 17.5 Å². The van der Waals surface area contributed by atoms with Crippen molar-refractivity contribution in [2.45, 2.75) is 12.6 Å². The molecule has 3 N–H and O–H groups in total. The Hall–Kier alpha value is -2.03.